The number of rotatable bonds is 7. The van der Waals surface area contributed by atoms with Crippen LogP contribution in [0.15, 0.2) is 48.7 Å². The van der Waals surface area contributed by atoms with Gasteiger partial charge in [0.15, 0.2) is 0 Å². The SMILES string of the molecule is O=C1Nc2ccc(Cl)cc2C1=CNc1ccc(OCCCN2CCCCC2)cc1. The molecule has 2 N–H and O–H groups in total. The molecule has 0 bridgehead atoms. The Morgan fingerprint density at radius 1 is 1.10 bits per heavy atom. The minimum absolute atomic E-state index is 0.136. The summed E-state index contributed by atoms with van der Waals surface area (Å²) in [5, 5.41) is 6.63. The number of hydrogen-bond acceptors (Lipinski definition) is 4. The highest BCUT2D eigenvalue weighted by atomic mass is 35.5. The molecule has 0 radical (unpaired) electrons. The van der Waals surface area contributed by atoms with E-state index in [-0.39, 0.29) is 5.91 Å². The normalized spacial score (nSPS) is 17.8. The molecule has 2 aromatic carbocycles. The van der Waals surface area contributed by atoms with E-state index < -0.39 is 0 Å². The van der Waals surface area contributed by atoms with Crippen LogP contribution in [0.25, 0.3) is 5.57 Å². The van der Waals surface area contributed by atoms with Gasteiger partial charge in [0.1, 0.15) is 5.75 Å². The van der Waals surface area contributed by atoms with Gasteiger partial charge in [0.2, 0.25) is 0 Å². The van der Waals surface area contributed by atoms with E-state index in [0.29, 0.717) is 10.6 Å². The Morgan fingerprint density at radius 2 is 1.90 bits per heavy atom. The maximum absolute atomic E-state index is 12.2. The molecular formula is C23H26ClN3O2. The molecule has 2 aliphatic heterocycles. The number of likely N-dealkylation sites (tertiary alicyclic amines) is 1. The zero-order valence-electron chi connectivity index (χ0n) is 16.4. The number of halogens is 1. The van der Waals surface area contributed by atoms with E-state index in [4.69, 9.17) is 16.3 Å². The number of nitrogens with zero attached hydrogens (tertiary/aromatic N) is 1. The van der Waals surface area contributed by atoms with E-state index >= 15 is 0 Å². The zero-order valence-corrected chi connectivity index (χ0v) is 17.2. The van der Waals surface area contributed by atoms with Crippen LogP contribution in [0.4, 0.5) is 11.4 Å². The molecule has 0 aliphatic carbocycles. The van der Waals surface area contributed by atoms with E-state index in [1.165, 1.54) is 32.4 Å². The smallest absolute Gasteiger partial charge is 0.257 e. The Morgan fingerprint density at radius 3 is 2.69 bits per heavy atom. The molecule has 1 fully saturated rings. The molecule has 4 rings (SSSR count). The standard InChI is InChI=1S/C23H26ClN3O2/c24-17-5-10-22-20(15-17)21(23(28)26-22)16-25-18-6-8-19(9-7-18)29-14-4-13-27-11-2-1-3-12-27/h5-10,15-16,25H,1-4,11-14H2,(H,26,28). The summed E-state index contributed by atoms with van der Waals surface area (Å²) in [7, 11) is 0. The summed E-state index contributed by atoms with van der Waals surface area (Å²) in [5.41, 5.74) is 3.05. The summed E-state index contributed by atoms with van der Waals surface area (Å²) in [6.07, 6.45) is 6.78. The molecule has 0 unspecified atom stereocenters. The third-order valence-corrected chi connectivity index (χ3v) is 5.57. The van der Waals surface area contributed by atoms with Gasteiger partial charge in [-0.25, -0.2) is 0 Å². The predicted molar refractivity (Wildman–Crippen MR) is 119 cm³/mol. The highest BCUT2D eigenvalue weighted by Gasteiger charge is 2.24. The van der Waals surface area contributed by atoms with Crippen molar-refractivity contribution in [1.82, 2.24) is 4.90 Å². The predicted octanol–water partition coefficient (Wildman–Crippen LogP) is 5.00. The molecule has 2 heterocycles. The molecule has 29 heavy (non-hydrogen) atoms. The fraction of sp³-hybridized carbons (Fsp3) is 0.348. The summed E-state index contributed by atoms with van der Waals surface area (Å²) >= 11 is 6.06. The van der Waals surface area contributed by atoms with Crippen molar-refractivity contribution < 1.29 is 9.53 Å². The molecule has 0 atom stereocenters. The van der Waals surface area contributed by atoms with Gasteiger partial charge >= 0.3 is 0 Å². The molecule has 1 saturated heterocycles. The van der Waals surface area contributed by atoms with Crippen LogP contribution in [0.1, 0.15) is 31.2 Å². The number of benzene rings is 2. The van der Waals surface area contributed by atoms with Crippen molar-refractivity contribution >= 4 is 34.5 Å². The van der Waals surface area contributed by atoms with Gasteiger partial charge in [0, 0.05) is 34.7 Å². The average Bonchev–Trinajstić information content (AvgIpc) is 3.05. The lowest BCUT2D eigenvalue weighted by molar-refractivity contribution is -0.110. The molecule has 6 heteroatoms. The second kappa shape index (κ2) is 9.33. The van der Waals surface area contributed by atoms with Gasteiger partial charge in [0.05, 0.1) is 12.2 Å². The van der Waals surface area contributed by atoms with Crippen LogP contribution in [-0.2, 0) is 4.79 Å². The van der Waals surface area contributed by atoms with E-state index in [1.807, 2.05) is 30.3 Å². The first-order valence-corrected chi connectivity index (χ1v) is 10.6. The quantitative estimate of drug-likeness (QED) is 0.497. The van der Waals surface area contributed by atoms with Gasteiger partial charge in [-0.3, -0.25) is 4.79 Å². The van der Waals surface area contributed by atoms with Crippen molar-refractivity contribution in [2.45, 2.75) is 25.7 Å². The van der Waals surface area contributed by atoms with Crippen LogP contribution < -0.4 is 15.4 Å². The van der Waals surface area contributed by atoms with Crippen molar-refractivity contribution in [2.75, 3.05) is 36.9 Å². The summed E-state index contributed by atoms with van der Waals surface area (Å²) in [5.74, 6) is 0.723. The third kappa shape index (κ3) is 5.11. The zero-order chi connectivity index (χ0) is 20.1. The summed E-state index contributed by atoms with van der Waals surface area (Å²) in [6.45, 7) is 4.29. The Balaban J connectivity index is 1.28. The van der Waals surface area contributed by atoms with Gasteiger partial charge in [-0.05, 0) is 74.8 Å². The van der Waals surface area contributed by atoms with E-state index in [9.17, 15) is 4.79 Å². The van der Waals surface area contributed by atoms with Crippen LogP contribution in [0, 0.1) is 0 Å². The van der Waals surface area contributed by atoms with Gasteiger partial charge < -0.3 is 20.3 Å². The molecule has 0 saturated carbocycles. The van der Waals surface area contributed by atoms with Crippen LogP contribution >= 0.6 is 11.6 Å². The van der Waals surface area contributed by atoms with Gasteiger partial charge in [-0.2, -0.15) is 0 Å². The number of hydrogen-bond donors (Lipinski definition) is 2. The first-order chi connectivity index (χ1) is 14.2. The number of fused-ring (bicyclic) bond motifs is 1. The molecule has 0 aromatic heterocycles. The Labute approximate surface area is 176 Å². The summed E-state index contributed by atoms with van der Waals surface area (Å²) in [6, 6.07) is 13.2. The van der Waals surface area contributed by atoms with Crippen LogP contribution in [0.3, 0.4) is 0 Å². The van der Waals surface area contributed by atoms with Gasteiger partial charge in [-0.1, -0.05) is 18.0 Å². The monoisotopic (exact) mass is 411 g/mol. The number of anilines is 2. The second-order valence-corrected chi connectivity index (χ2v) is 7.91. The molecule has 2 aromatic rings. The lowest BCUT2D eigenvalue weighted by atomic mass is 10.1. The third-order valence-electron chi connectivity index (χ3n) is 5.34. The van der Waals surface area contributed by atoms with E-state index in [2.05, 4.69) is 15.5 Å². The highest BCUT2D eigenvalue weighted by molar-refractivity contribution is 6.34. The molecule has 152 valence electrons. The van der Waals surface area contributed by atoms with Crippen molar-refractivity contribution in [3.63, 3.8) is 0 Å². The van der Waals surface area contributed by atoms with Crippen LogP contribution in [-0.4, -0.2) is 37.0 Å². The fourth-order valence-corrected chi connectivity index (χ4v) is 3.94. The molecule has 2 aliphatic rings. The van der Waals surface area contributed by atoms with Crippen molar-refractivity contribution in [3.05, 3.63) is 59.3 Å². The molecular weight excluding hydrogens is 386 g/mol. The minimum Gasteiger partial charge on any atom is -0.494 e. The first kappa shape index (κ1) is 19.8. The first-order valence-electron chi connectivity index (χ1n) is 10.2. The van der Waals surface area contributed by atoms with E-state index in [1.54, 1.807) is 18.3 Å². The summed E-state index contributed by atoms with van der Waals surface area (Å²) < 4.78 is 5.86. The van der Waals surface area contributed by atoms with Gasteiger partial charge in [0.25, 0.3) is 5.91 Å². The van der Waals surface area contributed by atoms with Crippen LogP contribution in [0.2, 0.25) is 5.02 Å². The minimum atomic E-state index is -0.136. The highest BCUT2D eigenvalue weighted by Crippen LogP contribution is 2.33. The Kier molecular flexibility index (Phi) is 6.37. The lowest BCUT2D eigenvalue weighted by Crippen LogP contribution is -2.31. The topological polar surface area (TPSA) is 53.6 Å². The fourth-order valence-electron chi connectivity index (χ4n) is 3.77. The molecule has 1 amide bonds. The maximum Gasteiger partial charge on any atom is 0.257 e. The molecule has 0 spiro atoms. The number of carbonyl (C=O) groups excluding carboxylic acids is 1. The number of ether oxygens (including phenoxy) is 1. The number of carbonyl (C=O) groups is 1. The van der Waals surface area contributed by atoms with Crippen LogP contribution in [0.5, 0.6) is 5.75 Å². The maximum atomic E-state index is 12.2. The average molecular weight is 412 g/mol. The van der Waals surface area contributed by atoms with Crippen molar-refractivity contribution in [2.24, 2.45) is 0 Å². The second-order valence-electron chi connectivity index (χ2n) is 7.48. The Hall–Kier alpha value is -2.50. The summed E-state index contributed by atoms with van der Waals surface area (Å²) in [4.78, 5) is 14.7. The lowest BCUT2D eigenvalue weighted by Gasteiger charge is -2.26. The van der Waals surface area contributed by atoms with Crippen molar-refractivity contribution in [1.29, 1.82) is 0 Å². The number of nitrogens with one attached hydrogen (secondary N) is 2. The number of amides is 1. The van der Waals surface area contributed by atoms with E-state index in [0.717, 1.165) is 42.3 Å². The largest absolute Gasteiger partial charge is 0.494 e. The van der Waals surface area contributed by atoms with Crippen molar-refractivity contribution in [3.8, 4) is 5.75 Å². The molecule has 5 nitrogen and oxygen atoms in total. The Bertz CT molecular complexity index is 889. The van der Waals surface area contributed by atoms with Gasteiger partial charge in [-0.15, -0.1) is 0 Å². The number of piperidine rings is 1.